The summed E-state index contributed by atoms with van der Waals surface area (Å²) in [6.45, 7) is 2.93. The fraction of sp³-hybridized carbons (Fsp3) is 0.174. The van der Waals surface area contributed by atoms with Crippen molar-refractivity contribution in [2.75, 3.05) is 14.1 Å². The third-order valence-corrected chi connectivity index (χ3v) is 4.54. The van der Waals surface area contributed by atoms with Gasteiger partial charge in [-0.15, -0.1) is 0 Å². The Morgan fingerprint density at radius 2 is 1.44 bits per heavy atom. The topological polar surface area (TPSA) is 17.1 Å². The highest BCUT2D eigenvalue weighted by atomic mass is 16.1. The Hall–Kier alpha value is -2.71. The summed E-state index contributed by atoms with van der Waals surface area (Å²) in [6, 6.07) is 26.1. The maximum atomic E-state index is 12.7. The van der Waals surface area contributed by atoms with Crippen LogP contribution in [-0.4, -0.2) is 19.9 Å². The van der Waals surface area contributed by atoms with Crippen LogP contribution in [0.1, 0.15) is 27.0 Å². The van der Waals surface area contributed by atoms with Gasteiger partial charge in [0.15, 0.2) is 5.78 Å². The number of aryl methyl sites for hydroxylation is 1. The van der Waals surface area contributed by atoms with Crippen LogP contribution in [0.2, 0.25) is 0 Å². The number of carbonyl (C=O) groups excluding carboxylic acids is 1. The third kappa shape index (κ3) is 4.04. The van der Waals surface area contributed by atoms with E-state index in [2.05, 4.69) is 51.4 Å². The van der Waals surface area contributed by atoms with Gasteiger partial charge >= 0.3 is 0 Å². The van der Waals surface area contributed by atoms with E-state index in [0.29, 0.717) is 0 Å². The molecule has 2 heteroatoms. The molecule has 0 fully saturated rings. The predicted octanol–water partition coefficient (Wildman–Crippen LogP) is 4.99. The zero-order chi connectivity index (χ0) is 17.9. The number of quaternary nitrogens is 1. The molecule has 0 radical (unpaired) electrons. The van der Waals surface area contributed by atoms with E-state index in [1.165, 1.54) is 11.3 Å². The number of rotatable bonds is 5. The highest BCUT2D eigenvalue weighted by molar-refractivity contribution is 6.09. The standard InChI is InChI=1S/C23H24NO/c1-18-12-14-22(15-13-18)24(2,3)17-19-8-7-11-21(16-19)23(25)20-9-5-4-6-10-20/h4-16H,17H2,1-3H3/q+1. The van der Waals surface area contributed by atoms with Crippen LogP contribution >= 0.6 is 0 Å². The highest BCUT2D eigenvalue weighted by Crippen LogP contribution is 2.23. The van der Waals surface area contributed by atoms with E-state index in [4.69, 9.17) is 0 Å². The summed E-state index contributed by atoms with van der Waals surface area (Å²) in [4.78, 5) is 12.7. The summed E-state index contributed by atoms with van der Waals surface area (Å²) in [6.07, 6.45) is 0. The normalized spacial score (nSPS) is 11.3. The van der Waals surface area contributed by atoms with Crippen molar-refractivity contribution in [3.05, 3.63) is 101 Å². The van der Waals surface area contributed by atoms with Crippen molar-refractivity contribution in [2.24, 2.45) is 0 Å². The van der Waals surface area contributed by atoms with Crippen LogP contribution in [0, 0.1) is 6.92 Å². The van der Waals surface area contributed by atoms with Gasteiger partial charge in [-0.2, -0.15) is 0 Å². The SMILES string of the molecule is Cc1ccc([N+](C)(C)Cc2cccc(C(=O)c3ccccc3)c2)cc1. The summed E-state index contributed by atoms with van der Waals surface area (Å²) in [5, 5.41) is 0. The molecule has 3 rings (SSSR count). The Labute approximate surface area is 150 Å². The molecule has 3 aromatic rings. The highest BCUT2D eigenvalue weighted by Gasteiger charge is 2.20. The van der Waals surface area contributed by atoms with Gasteiger partial charge in [-0.1, -0.05) is 66.2 Å². The van der Waals surface area contributed by atoms with Crippen molar-refractivity contribution in [1.82, 2.24) is 4.48 Å². The zero-order valence-electron chi connectivity index (χ0n) is 15.1. The van der Waals surface area contributed by atoms with Crippen LogP contribution < -0.4 is 4.48 Å². The molecular formula is C23H24NO+. The Morgan fingerprint density at radius 3 is 2.12 bits per heavy atom. The minimum Gasteiger partial charge on any atom is -0.292 e. The lowest BCUT2D eigenvalue weighted by Crippen LogP contribution is -2.39. The summed E-state index contributed by atoms with van der Waals surface area (Å²) >= 11 is 0. The molecule has 0 saturated carbocycles. The van der Waals surface area contributed by atoms with Crippen LogP contribution in [0.5, 0.6) is 0 Å². The summed E-state index contributed by atoms with van der Waals surface area (Å²) in [5.41, 5.74) is 5.15. The molecule has 25 heavy (non-hydrogen) atoms. The molecular weight excluding hydrogens is 306 g/mol. The lowest BCUT2D eigenvalue weighted by Gasteiger charge is -2.29. The first-order valence-electron chi connectivity index (χ1n) is 8.55. The van der Waals surface area contributed by atoms with E-state index < -0.39 is 0 Å². The summed E-state index contributed by atoms with van der Waals surface area (Å²) in [7, 11) is 4.38. The molecule has 0 saturated heterocycles. The molecule has 0 aromatic heterocycles. The molecule has 0 bridgehead atoms. The largest absolute Gasteiger partial charge is 0.292 e. The first-order valence-corrected chi connectivity index (χ1v) is 8.55. The lowest BCUT2D eigenvalue weighted by atomic mass is 10.0. The number of hydrogen-bond donors (Lipinski definition) is 0. The number of hydrogen-bond acceptors (Lipinski definition) is 1. The smallest absolute Gasteiger partial charge is 0.193 e. The molecule has 2 nitrogen and oxygen atoms in total. The molecule has 0 aliphatic rings. The molecule has 0 aliphatic carbocycles. The number of benzene rings is 3. The number of ketones is 1. The van der Waals surface area contributed by atoms with E-state index in [0.717, 1.165) is 27.7 Å². The fourth-order valence-electron chi connectivity index (χ4n) is 3.06. The van der Waals surface area contributed by atoms with Crippen LogP contribution in [0.15, 0.2) is 78.9 Å². The van der Waals surface area contributed by atoms with Gasteiger partial charge in [-0.05, 0) is 25.1 Å². The van der Waals surface area contributed by atoms with Gasteiger partial charge in [0.25, 0.3) is 0 Å². The maximum Gasteiger partial charge on any atom is 0.193 e. The molecule has 0 aliphatic heterocycles. The molecule has 0 heterocycles. The van der Waals surface area contributed by atoms with Crippen molar-refractivity contribution < 1.29 is 4.79 Å². The minimum absolute atomic E-state index is 0.0723. The van der Waals surface area contributed by atoms with E-state index in [1.807, 2.05) is 48.5 Å². The van der Waals surface area contributed by atoms with Crippen LogP contribution in [0.3, 0.4) is 0 Å². The van der Waals surface area contributed by atoms with E-state index in [1.54, 1.807) is 0 Å². The fourth-order valence-corrected chi connectivity index (χ4v) is 3.06. The summed E-state index contributed by atoms with van der Waals surface area (Å²) < 4.78 is 0.739. The van der Waals surface area contributed by atoms with Crippen LogP contribution in [0.25, 0.3) is 0 Å². The zero-order valence-corrected chi connectivity index (χ0v) is 15.1. The van der Waals surface area contributed by atoms with Crippen molar-refractivity contribution >= 4 is 11.5 Å². The monoisotopic (exact) mass is 330 g/mol. The van der Waals surface area contributed by atoms with Crippen LogP contribution in [-0.2, 0) is 6.54 Å². The molecule has 126 valence electrons. The molecule has 0 atom stereocenters. The predicted molar refractivity (Wildman–Crippen MR) is 105 cm³/mol. The van der Waals surface area contributed by atoms with Gasteiger partial charge in [-0.25, -0.2) is 0 Å². The Kier molecular flexibility index (Phi) is 4.82. The van der Waals surface area contributed by atoms with Crippen molar-refractivity contribution in [3.8, 4) is 0 Å². The first kappa shape index (κ1) is 17.1. The Balaban J connectivity index is 1.84. The Morgan fingerprint density at radius 1 is 0.800 bits per heavy atom. The van der Waals surface area contributed by atoms with Crippen molar-refractivity contribution in [1.29, 1.82) is 0 Å². The van der Waals surface area contributed by atoms with Gasteiger partial charge in [-0.3, -0.25) is 9.28 Å². The van der Waals surface area contributed by atoms with Gasteiger partial charge in [0.1, 0.15) is 12.2 Å². The van der Waals surface area contributed by atoms with Gasteiger partial charge in [0, 0.05) is 16.7 Å². The third-order valence-electron chi connectivity index (χ3n) is 4.54. The molecule has 0 N–H and O–H groups in total. The average molecular weight is 330 g/mol. The van der Waals surface area contributed by atoms with Crippen LogP contribution in [0.4, 0.5) is 5.69 Å². The van der Waals surface area contributed by atoms with E-state index in [9.17, 15) is 4.79 Å². The second-order valence-corrected chi connectivity index (χ2v) is 7.07. The molecule has 0 spiro atoms. The first-order chi connectivity index (χ1) is 12.0. The number of nitrogens with zero attached hydrogens (tertiary/aromatic N) is 1. The molecule has 0 amide bonds. The maximum absolute atomic E-state index is 12.7. The lowest BCUT2D eigenvalue weighted by molar-refractivity contribution is 0.103. The van der Waals surface area contributed by atoms with Gasteiger partial charge in [0.05, 0.1) is 14.1 Å². The molecule has 3 aromatic carbocycles. The second kappa shape index (κ2) is 7.04. The van der Waals surface area contributed by atoms with Crippen molar-refractivity contribution in [3.63, 3.8) is 0 Å². The second-order valence-electron chi connectivity index (χ2n) is 7.07. The van der Waals surface area contributed by atoms with Gasteiger partial charge in [0.2, 0.25) is 0 Å². The van der Waals surface area contributed by atoms with Crippen molar-refractivity contribution in [2.45, 2.75) is 13.5 Å². The summed E-state index contributed by atoms with van der Waals surface area (Å²) in [5.74, 6) is 0.0723. The van der Waals surface area contributed by atoms with E-state index in [-0.39, 0.29) is 5.78 Å². The number of carbonyl (C=O) groups is 1. The Bertz CT molecular complexity index is 864. The van der Waals surface area contributed by atoms with E-state index >= 15 is 0 Å². The quantitative estimate of drug-likeness (QED) is 0.475. The minimum atomic E-state index is 0.0723. The molecule has 0 unspecified atom stereocenters. The average Bonchev–Trinajstić information content (AvgIpc) is 2.62. The van der Waals surface area contributed by atoms with Gasteiger partial charge < -0.3 is 0 Å².